The summed E-state index contributed by atoms with van der Waals surface area (Å²) in [7, 11) is -2.39. The molecule has 0 aliphatic carbocycles. The molecule has 8 heavy (non-hydrogen) atoms. The third-order valence-corrected chi connectivity index (χ3v) is 2.49. The summed E-state index contributed by atoms with van der Waals surface area (Å²) in [5.41, 5.74) is 0. The maximum absolute atomic E-state index is 10.7. The van der Waals surface area contributed by atoms with Crippen molar-refractivity contribution in [2.45, 2.75) is 13.8 Å². The molecule has 0 radical (unpaired) electrons. The fraction of sp³-hybridized carbons (Fsp3) is 0.600. The van der Waals surface area contributed by atoms with Gasteiger partial charge in [0.25, 0.3) is 0 Å². The number of hydrogen-bond acceptors (Lipinski definition) is 2. The number of allylic oxidation sites excluding steroid dienone is 2. The Labute approximate surface area is 50.6 Å². The second-order valence-electron chi connectivity index (χ2n) is 1.74. The van der Waals surface area contributed by atoms with E-state index < -0.39 is 9.73 Å². The predicted octanol–water partition coefficient (Wildman–Crippen LogP) is 1.59. The van der Waals surface area contributed by atoms with Gasteiger partial charge in [-0.25, -0.2) is 8.99 Å². The fourth-order valence-corrected chi connectivity index (χ4v) is 0.675. The standard InChI is InChI=1S/C5H11NOS/c1-4-5(2)8(3,6)7/h4,6H,1-3H3/b5-4+. The van der Waals surface area contributed by atoms with Gasteiger partial charge in [-0.15, -0.1) is 0 Å². The summed E-state index contributed by atoms with van der Waals surface area (Å²) in [4.78, 5) is 0.650. The summed E-state index contributed by atoms with van der Waals surface area (Å²) in [6.07, 6.45) is 3.12. The zero-order valence-electron chi connectivity index (χ0n) is 5.39. The third kappa shape index (κ3) is 2.12. The molecule has 1 unspecified atom stereocenters. The van der Waals surface area contributed by atoms with E-state index in [9.17, 15) is 4.21 Å². The second-order valence-corrected chi connectivity index (χ2v) is 4.07. The molecule has 0 heterocycles. The van der Waals surface area contributed by atoms with Crippen LogP contribution in [-0.4, -0.2) is 10.5 Å². The molecule has 0 aliphatic heterocycles. The fourth-order valence-electron chi connectivity index (χ4n) is 0.225. The first-order valence-electron chi connectivity index (χ1n) is 2.35. The Kier molecular flexibility index (Phi) is 2.22. The van der Waals surface area contributed by atoms with Crippen LogP contribution < -0.4 is 0 Å². The molecule has 0 aliphatic rings. The van der Waals surface area contributed by atoms with Crippen molar-refractivity contribution < 1.29 is 4.21 Å². The molecule has 0 saturated carbocycles. The molecule has 1 atom stereocenters. The van der Waals surface area contributed by atoms with Gasteiger partial charge in [0.15, 0.2) is 0 Å². The molecule has 0 aromatic heterocycles. The van der Waals surface area contributed by atoms with Crippen molar-refractivity contribution in [1.82, 2.24) is 0 Å². The lowest BCUT2D eigenvalue weighted by molar-refractivity contribution is 0.683. The molecule has 2 nitrogen and oxygen atoms in total. The summed E-state index contributed by atoms with van der Waals surface area (Å²) in [6.45, 7) is 3.49. The molecule has 0 rings (SSSR count). The zero-order valence-corrected chi connectivity index (χ0v) is 6.21. The summed E-state index contributed by atoms with van der Waals surface area (Å²) in [6, 6.07) is 0. The van der Waals surface area contributed by atoms with E-state index in [2.05, 4.69) is 0 Å². The molecule has 0 fully saturated rings. The second kappa shape index (κ2) is 2.31. The average molecular weight is 133 g/mol. The van der Waals surface area contributed by atoms with E-state index in [-0.39, 0.29) is 0 Å². The molecule has 0 amide bonds. The van der Waals surface area contributed by atoms with Crippen LogP contribution in [0.3, 0.4) is 0 Å². The van der Waals surface area contributed by atoms with Crippen molar-refractivity contribution in [3.63, 3.8) is 0 Å². The molecule has 0 aromatic carbocycles. The van der Waals surface area contributed by atoms with Crippen LogP contribution >= 0.6 is 0 Å². The van der Waals surface area contributed by atoms with Crippen LogP contribution in [0.5, 0.6) is 0 Å². The monoisotopic (exact) mass is 133 g/mol. The predicted molar refractivity (Wildman–Crippen MR) is 36.2 cm³/mol. The van der Waals surface area contributed by atoms with Gasteiger partial charge in [-0.05, 0) is 13.8 Å². The lowest BCUT2D eigenvalue weighted by atomic mass is 10.6. The van der Waals surface area contributed by atoms with Crippen molar-refractivity contribution in [3.05, 3.63) is 11.0 Å². The molecule has 0 bridgehead atoms. The van der Waals surface area contributed by atoms with E-state index in [1.165, 1.54) is 6.26 Å². The lowest BCUT2D eigenvalue weighted by Crippen LogP contribution is -1.92. The summed E-state index contributed by atoms with van der Waals surface area (Å²) < 4.78 is 17.7. The Hall–Kier alpha value is -0.310. The Morgan fingerprint density at radius 1 is 1.75 bits per heavy atom. The topological polar surface area (TPSA) is 40.9 Å². The first kappa shape index (κ1) is 7.69. The van der Waals surface area contributed by atoms with Gasteiger partial charge in [-0.3, -0.25) is 0 Å². The summed E-state index contributed by atoms with van der Waals surface area (Å²) in [5, 5.41) is 0. The van der Waals surface area contributed by atoms with Crippen molar-refractivity contribution >= 4 is 9.73 Å². The van der Waals surface area contributed by atoms with Crippen LogP contribution in [0.1, 0.15) is 13.8 Å². The largest absolute Gasteiger partial charge is 0.249 e. The SMILES string of the molecule is C/C=C(\C)S(C)(=N)=O. The Morgan fingerprint density at radius 3 is 2.12 bits per heavy atom. The van der Waals surface area contributed by atoms with Crippen molar-refractivity contribution in [2.24, 2.45) is 0 Å². The Morgan fingerprint density at radius 2 is 2.12 bits per heavy atom. The van der Waals surface area contributed by atoms with Gasteiger partial charge in [0.2, 0.25) is 0 Å². The van der Waals surface area contributed by atoms with Crippen molar-refractivity contribution in [3.8, 4) is 0 Å². The van der Waals surface area contributed by atoms with Crippen LogP contribution in [0, 0.1) is 4.78 Å². The van der Waals surface area contributed by atoms with Gasteiger partial charge >= 0.3 is 0 Å². The average Bonchev–Trinajstić information content (AvgIpc) is 1.62. The molecule has 3 heteroatoms. The van der Waals surface area contributed by atoms with Crippen molar-refractivity contribution in [2.75, 3.05) is 6.26 Å². The normalized spacial score (nSPS) is 20.1. The van der Waals surface area contributed by atoms with E-state index in [4.69, 9.17) is 4.78 Å². The maximum atomic E-state index is 10.7. The molecule has 0 spiro atoms. The quantitative estimate of drug-likeness (QED) is 0.579. The van der Waals surface area contributed by atoms with E-state index >= 15 is 0 Å². The number of rotatable bonds is 1. The first-order valence-corrected chi connectivity index (χ1v) is 4.32. The minimum Gasteiger partial charge on any atom is -0.249 e. The molecule has 0 saturated heterocycles. The van der Waals surface area contributed by atoms with Crippen molar-refractivity contribution in [1.29, 1.82) is 4.78 Å². The van der Waals surface area contributed by atoms with Crippen LogP contribution in [-0.2, 0) is 9.73 Å². The highest BCUT2D eigenvalue weighted by molar-refractivity contribution is 7.95. The van der Waals surface area contributed by atoms with E-state index in [1.807, 2.05) is 0 Å². The Bertz CT molecular complexity index is 188. The van der Waals surface area contributed by atoms with Crippen LogP contribution in [0.25, 0.3) is 0 Å². The highest BCUT2D eigenvalue weighted by Gasteiger charge is 1.95. The minimum absolute atomic E-state index is 0.650. The summed E-state index contributed by atoms with van der Waals surface area (Å²) >= 11 is 0. The zero-order chi connectivity index (χ0) is 6.78. The van der Waals surface area contributed by atoms with Gasteiger partial charge in [-0.2, -0.15) is 0 Å². The van der Waals surface area contributed by atoms with Gasteiger partial charge in [-0.1, -0.05) is 6.08 Å². The molecular weight excluding hydrogens is 122 g/mol. The number of nitrogens with one attached hydrogen (secondary N) is 1. The number of hydrogen-bond donors (Lipinski definition) is 1. The maximum Gasteiger partial charge on any atom is 0.0652 e. The molecule has 1 N–H and O–H groups in total. The van der Waals surface area contributed by atoms with E-state index in [0.717, 1.165) is 0 Å². The van der Waals surface area contributed by atoms with Crippen LogP contribution in [0.2, 0.25) is 0 Å². The summed E-state index contributed by atoms with van der Waals surface area (Å²) in [5.74, 6) is 0. The lowest BCUT2D eigenvalue weighted by Gasteiger charge is -1.95. The van der Waals surface area contributed by atoms with E-state index in [1.54, 1.807) is 19.9 Å². The highest BCUT2D eigenvalue weighted by atomic mass is 32.2. The van der Waals surface area contributed by atoms with Crippen LogP contribution in [0.15, 0.2) is 11.0 Å². The molecule has 48 valence electrons. The highest BCUT2D eigenvalue weighted by Crippen LogP contribution is 2.01. The van der Waals surface area contributed by atoms with Crippen LogP contribution in [0.4, 0.5) is 0 Å². The van der Waals surface area contributed by atoms with Gasteiger partial charge < -0.3 is 0 Å². The smallest absolute Gasteiger partial charge is 0.0652 e. The van der Waals surface area contributed by atoms with Gasteiger partial charge in [0.05, 0.1) is 9.73 Å². The first-order chi connectivity index (χ1) is 3.48. The van der Waals surface area contributed by atoms with Gasteiger partial charge in [0.1, 0.15) is 0 Å². The Balaban J connectivity index is 4.55. The molecular formula is C5H11NOS. The molecule has 0 aromatic rings. The van der Waals surface area contributed by atoms with E-state index in [0.29, 0.717) is 4.91 Å². The third-order valence-electron chi connectivity index (χ3n) is 1.02. The van der Waals surface area contributed by atoms with Gasteiger partial charge in [0, 0.05) is 11.2 Å². The minimum atomic E-state index is -2.39.